The highest BCUT2D eigenvalue weighted by atomic mass is 35.5. The lowest BCUT2D eigenvalue weighted by Gasteiger charge is -2.28. The van der Waals surface area contributed by atoms with Gasteiger partial charge in [0.05, 0.1) is 16.5 Å². The summed E-state index contributed by atoms with van der Waals surface area (Å²) in [5, 5.41) is 0.789. The van der Waals surface area contributed by atoms with Crippen molar-refractivity contribution in [2.75, 3.05) is 18.1 Å². The summed E-state index contributed by atoms with van der Waals surface area (Å²) in [4.78, 5) is 14.6. The number of nitrogens with zero attached hydrogens (tertiary/aromatic N) is 1. The molecule has 2 aromatic rings. The first-order valence-electron chi connectivity index (χ1n) is 9.43. The second-order valence-corrected chi connectivity index (χ2v) is 10.2. The Bertz CT molecular complexity index is 977. The smallest absolute Gasteiger partial charge is 0.261 e. The molecule has 0 bridgehead atoms. The van der Waals surface area contributed by atoms with E-state index in [2.05, 4.69) is 6.92 Å². The quantitative estimate of drug-likeness (QED) is 0.628. The number of hydrogen-bond donors (Lipinski definition) is 0. The largest absolute Gasteiger partial charge is 0.482 e. The molecular weight excluding hydrogens is 433 g/mol. The van der Waals surface area contributed by atoms with Crippen molar-refractivity contribution in [2.24, 2.45) is 0 Å². The lowest BCUT2D eigenvalue weighted by atomic mass is 10.1. The Kier molecular flexibility index (Phi) is 7.09. The van der Waals surface area contributed by atoms with Gasteiger partial charge in [-0.25, -0.2) is 8.42 Å². The number of ether oxygens (including phenoxy) is 1. The van der Waals surface area contributed by atoms with Gasteiger partial charge in [-0.2, -0.15) is 0 Å². The molecule has 2 aromatic carbocycles. The number of carbonyl (C=O) groups is 1. The van der Waals surface area contributed by atoms with Gasteiger partial charge in [0.15, 0.2) is 16.4 Å². The second-order valence-electron chi connectivity index (χ2n) is 7.11. The van der Waals surface area contributed by atoms with Crippen molar-refractivity contribution in [3.63, 3.8) is 0 Å². The fourth-order valence-electron chi connectivity index (χ4n) is 3.33. The average Bonchev–Trinajstić information content (AvgIpc) is 3.05. The van der Waals surface area contributed by atoms with Crippen LogP contribution in [0.1, 0.15) is 24.5 Å². The zero-order valence-corrected chi connectivity index (χ0v) is 18.4. The van der Waals surface area contributed by atoms with Crippen molar-refractivity contribution < 1.29 is 17.9 Å². The summed E-state index contributed by atoms with van der Waals surface area (Å²) in [7, 11) is -3.13. The van der Waals surface area contributed by atoms with Gasteiger partial charge >= 0.3 is 0 Å². The molecule has 1 fully saturated rings. The first kappa shape index (κ1) is 21.9. The van der Waals surface area contributed by atoms with Gasteiger partial charge in [0.2, 0.25) is 0 Å². The van der Waals surface area contributed by atoms with Gasteiger partial charge in [0.25, 0.3) is 5.91 Å². The highest BCUT2D eigenvalue weighted by Gasteiger charge is 2.34. The average molecular weight is 456 g/mol. The van der Waals surface area contributed by atoms with Crippen LogP contribution in [0.5, 0.6) is 5.75 Å². The molecule has 0 radical (unpaired) electrons. The van der Waals surface area contributed by atoms with Gasteiger partial charge in [-0.15, -0.1) is 0 Å². The van der Waals surface area contributed by atoms with Crippen molar-refractivity contribution >= 4 is 38.9 Å². The van der Waals surface area contributed by atoms with E-state index in [4.69, 9.17) is 27.9 Å². The van der Waals surface area contributed by atoms with Crippen LogP contribution in [0, 0.1) is 0 Å². The van der Waals surface area contributed by atoms with Gasteiger partial charge in [-0.05, 0) is 42.2 Å². The van der Waals surface area contributed by atoms with Crippen LogP contribution in [0.3, 0.4) is 0 Å². The minimum Gasteiger partial charge on any atom is -0.482 e. The molecule has 0 aromatic heterocycles. The predicted octanol–water partition coefficient (Wildman–Crippen LogP) is 4.15. The minimum atomic E-state index is -3.13. The molecule has 1 aliphatic heterocycles. The molecule has 0 saturated carbocycles. The van der Waals surface area contributed by atoms with Gasteiger partial charge < -0.3 is 9.64 Å². The van der Waals surface area contributed by atoms with E-state index in [1.807, 2.05) is 24.3 Å². The van der Waals surface area contributed by atoms with Gasteiger partial charge in [-0.3, -0.25) is 4.79 Å². The molecule has 1 aliphatic rings. The number of halogens is 2. The maximum absolute atomic E-state index is 13.0. The third kappa shape index (κ3) is 5.87. The molecular formula is C21H23Cl2NO4S. The Labute approximate surface area is 181 Å². The molecule has 156 valence electrons. The summed E-state index contributed by atoms with van der Waals surface area (Å²) in [5.41, 5.74) is 2.15. The van der Waals surface area contributed by atoms with E-state index >= 15 is 0 Å². The van der Waals surface area contributed by atoms with Crippen LogP contribution in [0.2, 0.25) is 10.0 Å². The highest BCUT2D eigenvalue weighted by Crippen LogP contribution is 2.28. The van der Waals surface area contributed by atoms with Crippen LogP contribution >= 0.6 is 23.2 Å². The normalized spacial score (nSPS) is 17.8. The van der Waals surface area contributed by atoms with Crippen LogP contribution in [-0.4, -0.2) is 43.4 Å². The number of amides is 1. The van der Waals surface area contributed by atoms with Crippen LogP contribution in [0.15, 0.2) is 42.5 Å². The summed E-state index contributed by atoms with van der Waals surface area (Å²) >= 11 is 12.0. The number of aryl methyl sites for hydroxylation is 1. The maximum atomic E-state index is 13.0. The van der Waals surface area contributed by atoms with E-state index < -0.39 is 9.84 Å². The van der Waals surface area contributed by atoms with Crippen LogP contribution in [0.25, 0.3) is 0 Å². The molecule has 5 nitrogen and oxygen atoms in total. The molecule has 8 heteroatoms. The molecule has 1 saturated heterocycles. The SMILES string of the molecule is CCc1ccc(CN(C(=O)COc2ccc(Cl)cc2Cl)C2CCS(=O)(=O)C2)cc1. The van der Waals surface area contributed by atoms with Gasteiger partial charge in [0, 0.05) is 17.6 Å². The first-order valence-corrected chi connectivity index (χ1v) is 12.0. The van der Waals surface area contributed by atoms with Crippen molar-refractivity contribution in [3.05, 3.63) is 63.6 Å². The Morgan fingerprint density at radius 1 is 1.14 bits per heavy atom. The van der Waals surface area contributed by atoms with Gasteiger partial charge in [-0.1, -0.05) is 54.4 Å². The van der Waals surface area contributed by atoms with E-state index in [1.165, 1.54) is 5.56 Å². The molecule has 0 N–H and O–H groups in total. The van der Waals surface area contributed by atoms with Crippen LogP contribution < -0.4 is 4.74 Å². The van der Waals surface area contributed by atoms with Crippen molar-refractivity contribution in [1.82, 2.24) is 4.90 Å². The fraction of sp³-hybridized carbons (Fsp3) is 0.381. The molecule has 1 amide bonds. The third-order valence-electron chi connectivity index (χ3n) is 5.00. The standard InChI is InChI=1S/C21H23Cl2NO4S/c1-2-15-3-5-16(6-4-15)12-24(18-9-10-29(26,27)14-18)21(25)13-28-20-8-7-17(22)11-19(20)23/h3-8,11,18H,2,9-10,12-14H2,1H3. The summed E-state index contributed by atoms with van der Waals surface area (Å²) in [6.07, 6.45) is 1.36. The Hall–Kier alpha value is -1.76. The van der Waals surface area contributed by atoms with Crippen LogP contribution in [0.4, 0.5) is 0 Å². The Morgan fingerprint density at radius 3 is 2.41 bits per heavy atom. The van der Waals surface area contributed by atoms with Crippen LogP contribution in [-0.2, 0) is 27.6 Å². The maximum Gasteiger partial charge on any atom is 0.261 e. The summed E-state index contributed by atoms with van der Waals surface area (Å²) in [6.45, 7) is 2.18. The molecule has 1 atom stereocenters. The molecule has 1 heterocycles. The number of hydrogen-bond acceptors (Lipinski definition) is 4. The highest BCUT2D eigenvalue weighted by molar-refractivity contribution is 7.91. The van der Waals surface area contributed by atoms with Crippen molar-refractivity contribution in [1.29, 1.82) is 0 Å². The van der Waals surface area contributed by atoms with E-state index in [0.29, 0.717) is 28.8 Å². The third-order valence-corrected chi connectivity index (χ3v) is 7.28. The zero-order chi connectivity index (χ0) is 21.0. The molecule has 1 unspecified atom stereocenters. The lowest BCUT2D eigenvalue weighted by Crippen LogP contribution is -2.43. The van der Waals surface area contributed by atoms with Crippen molar-refractivity contribution in [2.45, 2.75) is 32.4 Å². The summed E-state index contributed by atoms with van der Waals surface area (Å²) in [5.74, 6) is 0.154. The number of sulfone groups is 1. The number of benzene rings is 2. The van der Waals surface area contributed by atoms with Crippen molar-refractivity contribution in [3.8, 4) is 5.75 Å². The Morgan fingerprint density at radius 2 is 1.83 bits per heavy atom. The minimum absolute atomic E-state index is 0.0204. The number of carbonyl (C=O) groups excluding carboxylic acids is 1. The number of rotatable bonds is 7. The van der Waals surface area contributed by atoms with E-state index in [1.54, 1.807) is 23.1 Å². The molecule has 0 aliphatic carbocycles. The first-order chi connectivity index (χ1) is 13.8. The molecule has 0 spiro atoms. The Balaban J connectivity index is 1.75. The fourth-order valence-corrected chi connectivity index (χ4v) is 5.53. The second kappa shape index (κ2) is 9.37. The predicted molar refractivity (Wildman–Crippen MR) is 115 cm³/mol. The lowest BCUT2D eigenvalue weighted by molar-refractivity contribution is -0.136. The topological polar surface area (TPSA) is 63.7 Å². The monoisotopic (exact) mass is 455 g/mol. The van der Waals surface area contributed by atoms with Gasteiger partial charge in [0.1, 0.15) is 5.75 Å². The molecule has 3 rings (SSSR count). The molecule has 29 heavy (non-hydrogen) atoms. The van der Waals surface area contributed by atoms with E-state index in [0.717, 1.165) is 12.0 Å². The summed E-state index contributed by atoms with van der Waals surface area (Å²) < 4.78 is 29.5. The van der Waals surface area contributed by atoms with E-state index in [9.17, 15) is 13.2 Å². The zero-order valence-electron chi connectivity index (χ0n) is 16.1. The summed E-state index contributed by atoms with van der Waals surface area (Å²) in [6, 6.07) is 12.4. The van der Waals surface area contributed by atoms with E-state index in [-0.39, 0.29) is 30.1 Å².